The van der Waals surface area contributed by atoms with E-state index in [0.29, 0.717) is 6.42 Å². The van der Waals surface area contributed by atoms with E-state index in [9.17, 15) is 4.79 Å². The molecule has 0 saturated carbocycles. The van der Waals surface area contributed by atoms with Gasteiger partial charge in [0.15, 0.2) is 0 Å². The highest BCUT2D eigenvalue weighted by Gasteiger charge is 2.20. The zero-order valence-electron chi connectivity index (χ0n) is 13.8. The summed E-state index contributed by atoms with van der Waals surface area (Å²) in [6.07, 6.45) is 17.8. The second kappa shape index (κ2) is 13.5. The van der Waals surface area contributed by atoms with Crippen LogP contribution in [-0.2, 0) is 15.7 Å². The number of hydrogen-bond acceptors (Lipinski definition) is 1. The van der Waals surface area contributed by atoms with E-state index in [0.717, 1.165) is 23.7 Å². The van der Waals surface area contributed by atoms with E-state index in [1.165, 1.54) is 87.9 Å². The number of hydrogen-bond donors (Lipinski definition) is 1. The van der Waals surface area contributed by atoms with Gasteiger partial charge in [0.1, 0.15) is 17.3 Å². The molecule has 0 aliphatic carbocycles. The smallest absolute Gasteiger partial charge is 0.303 e. The molecule has 2 nitrogen and oxygen atoms in total. The average molecular weight is 316 g/mol. The van der Waals surface area contributed by atoms with Gasteiger partial charge in [-0.15, -0.1) is 0 Å². The summed E-state index contributed by atoms with van der Waals surface area (Å²) in [4.78, 5) is 10.4. The molecule has 1 N–H and O–H groups in total. The van der Waals surface area contributed by atoms with Crippen LogP contribution in [-0.4, -0.2) is 28.3 Å². The fourth-order valence-corrected chi connectivity index (χ4v) is 5.54. The molecule has 1 aliphatic heterocycles. The number of carbonyl (C=O) groups is 1. The van der Waals surface area contributed by atoms with E-state index in [-0.39, 0.29) is 0 Å². The Bertz CT molecular complexity index is 250. The lowest BCUT2D eigenvalue weighted by Crippen LogP contribution is -2.20. The second-order valence-electron chi connectivity index (χ2n) is 6.46. The van der Waals surface area contributed by atoms with E-state index in [4.69, 9.17) is 5.11 Å². The summed E-state index contributed by atoms with van der Waals surface area (Å²) in [7, 11) is 0.796. The SMILES string of the molecule is O=C(O)CCCCCCCCCCCC[S+]1CCCCC1. The highest BCUT2D eigenvalue weighted by molar-refractivity contribution is 7.96. The molecule has 21 heavy (non-hydrogen) atoms. The number of unbranched alkanes of at least 4 members (excludes halogenated alkanes) is 9. The van der Waals surface area contributed by atoms with E-state index in [1.54, 1.807) is 0 Å². The molecule has 1 fully saturated rings. The molecule has 0 spiro atoms. The first-order chi connectivity index (χ1) is 10.3. The predicted octanol–water partition coefficient (Wildman–Crippen LogP) is 5.16. The maximum Gasteiger partial charge on any atom is 0.303 e. The summed E-state index contributed by atoms with van der Waals surface area (Å²) in [6.45, 7) is 0. The molecule has 1 saturated heterocycles. The Morgan fingerprint density at radius 3 is 1.71 bits per heavy atom. The van der Waals surface area contributed by atoms with Crippen molar-refractivity contribution in [3.05, 3.63) is 0 Å². The van der Waals surface area contributed by atoms with Crippen LogP contribution in [0.15, 0.2) is 0 Å². The van der Waals surface area contributed by atoms with Gasteiger partial charge in [0.2, 0.25) is 0 Å². The van der Waals surface area contributed by atoms with Crippen molar-refractivity contribution >= 4 is 16.9 Å². The van der Waals surface area contributed by atoms with Gasteiger partial charge in [0.25, 0.3) is 0 Å². The van der Waals surface area contributed by atoms with Gasteiger partial charge in [-0.25, -0.2) is 0 Å². The Hall–Kier alpha value is -0.180. The molecule has 1 aliphatic rings. The molecule has 0 bridgehead atoms. The third-order valence-corrected chi connectivity index (χ3v) is 7.04. The van der Waals surface area contributed by atoms with Gasteiger partial charge in [0, 0.05) is 6.42 Å². The molecule has 1 rings (SSSR count). The van der Waals surface area contributed by atoms with Crippen molar-refractivity contribution in [1.29, 1.82) is 0 Å². The first kappa shape index (κ1) is 18.9. The zero-order chi connectivity index (χ0) is 15.2. The van der Waals surface area contributed by atoms with Crippen LogP contribution in [0.2, 0.25) is 0 Å². The predicted molar refractivity (Wildman–Crippen MR) is 94.2 cm³/mol. The largest absolute Gasteiger partial charge is 0.481 e. The van der Waals surface area contributed by atoms with Crippen molar-refractivity contribution in [1.82, 2.24) is 0 Å². The fourth-order valence-electron chi connectivity index (χ4n) is 3.09. The summed E-state index contributed by atoms with van der Waals surface area (Å²) in [5.41, 5.74) is 0. The van der Waals surface area contributed by atoms with Crippen LogP contribution >= 0.6 is 0 Å². The van der Waals surface area contributed by atoms with E-state index in [2.05, 4.69) is 0 Å². The van der Waals surface area contributed by atoms with Crippen molar-refractivity contribution in [3.63, 3.8) is 0 Å². The van der Waals surface area contributed by atoms with Crippen LogP contribution in [0.5, 0.6) is 0 Å². The van der Waals surface area contributed by atoms with Gasteiger partial charge in [-0.05, 0) is 49.4 Å². The Morgan fingerprint density at radius 2 is 1.19 bits per heavy atom. The summed E-state index contributed by atoms with van der Waals surface area (Å²) in [5, 5.41) is 8.54. The van der Waals surface area contributed by atoms with E-state index in [1.807, 2.05) is 0 Å². The monoisotopic (exact) mass is 315 g/mol. The van der Waals surface area contributed by atoms with Crippen molar-refractivity contribution < 1.29 is 9.90 Å². The van der Waals surface area contributed by atoms with Crippen molar-refractivity contribution in [3.8, 4) is 0 Å². The highest BCUT2D eigenvalue weighted by atomic mass is 32.2. The maximum atomic E-state index is 10.4. The highest BCUT2D eigenvalue weighted by Crippen LogP contribution is 2.16. The van der Waals surface area contributed by atoms with Gasteiger partial charge < -0.3 is 5.11 Å². The minimum absolute atomic E-state index is 0.349. The van der Waals surface area contributed by atoms with Gasteiger partial charge in [0.05, 0.1) is 0 Å². The normalized spacial score (nSPS) is 16.2. The molecule has 124 valence electrons. The van der Waals surface area contributed by atoms with Crippen LogP contribution in [0.3, 0.4) is 0 Å². The van der Waals surface area contributed by atoms with Crippen molar-refractivity contribution in [2.24, 2.45) is 0 Å². The summed E-state index contributed by atoms with van der Waals surface area (Å²) >= 11 is 0. The van der Waals surface area contributed by atoms with Crippen molar-refractivity contribution in [2.45, 2.75) is 89.9 Å². The minimum atomic E-state index is -0.649. The lowest BCUT2D eigenvalue weighted by molar-refractivity contribution is -0.137. The molecule has 3 heteroatoms. The number of carboxylic acid groups (broad SMARTS) is 1. The van der Waals surface area contributed by atoms with E-state index < -0.39 is 5.97 Å². The van der Waals surface area contributed by atoms with Crippen LogP contribution < -0.4 is 0 Å². The van der Waals surface area contributed by atoms with Gasteiger partial charge in [-0.3, -0.25) is 4.79 Å². The summed E-state index contributed by atoms with van der Waals surface area (Å²) in [6, 6.07) is 0. The van der Waals surface area contributed by atoms with Crippen LogP contribution in [0.4, 0.5) is 0 Å². The molecule has 0 unspecified atom stereocenters. The molecular formula is C18H35O2S+. The molecule has 0 radical (unpaired) electrons. The van der Waals surface area contributed by atoms with E-state index >= 15 is 0 Å². The molecule has 0 atom stereocenters. The maximum absolute atomic E-state index is 10.4. The number of carboxylic acids is 1. The van der Waals surface area contributed by atoms with Gasteiger partial charge >= 0.3 is 5.97 Å². The minimum Gasteiger partial charge on any atom is -0.481 e. The second-order valence-corrected chi connectivity index (χ2v) is 8.91. The standard InChI is InChI=1S/C18H34O2S/c19-18(20)14-10-7-5-3-1-2-4-6-8-11-15-21-16-12-9-13-17-21/h1-17H2/p+1. The van der Waals surface area contributed by atoms with Crippen molar-refractivity contribution in [2.75, 3.05) is 17.3 Å². The molecular weight excluding hydrogens is 280 g/mol. The lowest BCUT2D eigenvalue weighted by Gasteiger charge is -2.13. The molecule has 0 aromatic rings. The molecule has 1 heterocycles. The van der Waals surface area contributed by atoms with Crippen LogP contribution in [0.1, 0.15) is 89.9 Å². The third-order valence-electron chi connectivity index (χ3n) is 4.44. The Labute approximate surface area is 134 Å². The Morgan fingerprint density at radius 1 is 0.714 bits per heavy atom. The fraction of sp³-hybridized carbons (Fsp3) is 0.944. The Balaban J connectivity index is 1.71. The molecule has 0 aromatic heterocycles. The third kappa shape index (κ3) is 12.1. The van der Waals surface area contributed by atoms with Gasteiger partial charge in [-0.2, -0.15) is 0 Å². The number of rotatable bonds is 13. The summed E-state index contributed by atoms with van der Waals surface area (Å²) in [5.74, 6) is 3.93. The molecule has 0 amide bonds. The molecule has 0 aromatic carbocycles. The van der Waals surface area contributed by atoms with Gasteiger partial charge in [-0.1, -0.05) is 44.9 Å². The summed E-state index contributed by atoms with van der Waals surface area (Å²) < 4.78 is 0. The first-order valence-electron chi connectivity index (χ1n) is 9.15. The number of aliphatic carboxylic acids is 1. The quantitative estimate of drug-likeness (QED) is 0.376. The average Bonchev–Trinajstić information content (AvgIpc) is 2.49. The first-order valence-corrected chi connectivity index (χ1v) is 10.9. The van der Waals surface area contributed by atoms with Crippen LogP contribution in [0, 0.1) is 0 Å². The van der Waals surface area contributed by atoms with Crippen LogP contribution in [0.25, 0.3) is 0 Å². The zero-order valence-corrected chi connectivity index (χ0v) is 14.6. The topological polar surface area (TPSA) is 37.3 Å². The Kier molecular flexibility index (Phi) is 12.1. The lowest BCUT2D eigenvalue weighted by atomic mass is 10.1.